The second-order valence-electron chi connectivity index (χ2n) is 4.24. The Kier molecular flexibility index (Phi) is 1.95. The number of nitrogens with one attached hydrogen (secondary N) is 1. The van der Waals surface area contributed by atoms with Crippen molar-refractivity contribution in [3.63, 3.8) is 0 Å². The Morgan fingerprint density at radius 2 is 2.38 bits per heavy atom. The lowest BCUT2D eigenvalue weighted by molar-refractivity contribution is -0.0576. The van der Waals surface area contributed by atoms with Gasteiger partial charge in [-0.1, -0.05) is 6.07 Å². The summed E-state index contributed by atoms with van der Waals surface area (Å²) in [6, 6.07) is 8.35. The molecule has 4 nitrogen and oxygen atoms in total. The van der Waals surface area contributed by atoms with Gasteiger partial charge in [-0.2, -0.15) is 5.26 Å². The first-order valence-corrected chi connectivity index (χ1v) is 5.22. The van der Waals surface area contributed by atoms with Crippen LogP contribution in [0.25, 0.3) is 11.0 Å². The maximum absolute atomic E-state index is 8.88. The molecule has 2 heterocycles. The van der Waals surface area contributed by atoms with Crippen molar-refractivity contribution in [1.29, 1.82) is 5.26 Å². The van der Waals surface area contributed by atoms with E-state index in [1.807, 2.05) is 12.1 Å². The predicted molar refractivity (Wildman–Crippen MR) is 58.8 cm³/mol. The van der Waals surface area contributed by atoms with E-state index in [0.717, 1.165) is 16.6 Å². The smallest absolute Gasteiger partial charge is 0.0931 e. The molecular formula is C12H11N3O. The maximum atomic E-state index is 8.88. The van der Waals surface area contributed by atoms with Gasteiger partial charge in [-0.3, -0.25) is 0 Å². The van der Waals surface area contributed by atoms with Crippen LogP contribution >= 0.6 is 0 Å². The lowest BCUT2D eigenvalue weighted by Gasteiger charge is -2.40. The van der Waals surface area contributed by atoms with Crippen molar-refractivity contribution in [2.75, 3.05) is 13.2 Å². The van der Waals surface area contributed by atoms with E-state index in [4.69, 9.17) is 10.00 Å². The zero-order valence-corrected chi connectivity index (χ0v) is 8.73. The van der Waals surface area contributed by atoms with E-state index in [9.17, 15) is 0 Å². The van der Waals surface area contributed by atoms with Crippen LogP contribution in [0.3, 0.4) is 0 Å². The van der Waals surface area contributed by atoms with E-state index < -0.39 is 0 Å². The van der Waals surface area contributed by atoms with Gasteiger partial charge < -0.3 is 9.72 Å². The van der Waals surface area contributed by atoms with Gasteiger partial charge in [0.05, 0.1) is 42.1 Å². The molecule has 1 aliphatic rings. The number of benzene rings is 1. The molecule has 1 fully saturated rings. The highest BCUT2D eigenvalue weighted by Gasteiger charge is 2.40. The highest BCUT2D eigenvalue weighted by atomic mass is 16.5. The summed E-state index contributed by atoms with van der Waals surface area (Å²) in [5.74, 6) is 0. The lowest BCUT2D eigenvalue weighted by atomic mass is 9.76. The van der Waals surface area contributed by atoms with Crippen LogP contribution in [0.1, 0.15) is 12.0 Å². The number of nitrogens with zero attached hydrogens (tertiary/aromatic N) is 2. The molecule has 4 heteroatoms. The summed E-state index contributed by atoms with van der Waals surface area (Å²) < 4.78 is 5.26. The first-order valence-electron chi connectivity index (χ1n) is 5.22. The number of hydrogen-bond acceptors (Lipinski definition) is 3. The zero-order chi connectivity index (χ0) is 11.0. The average molecular weight is 213 g/mol. The highest BCUT2D eigenvalue weighted by Crippen LogP contribution is 2.36. The topological polar surface area (TPSA) is 61.7 Å². The Morgan fingerprint density at radius 3 is 3.06 bits per heavy atom. The van der Waals surface area contributed by atoms with Crippen LogP contribution in [0.15, 0.2) is 24.5 Å². The van der Waals surface area contributed by atoms with Crippen LogP contribution in [-0.4, -0.2) is 23.2 Å². The first-order chi connectivity index (χ1) is 7.84. The standard InChI is InChI=1S/C12H11N3O/c13-4-3-12(6-16-7-12)9-1-2-10-11(5-9)15-8-14-10/h1-2,5,8H,3,6-7H2,(H,14,15). The third-order valence-corrected chi connectivity index (χ3v) is 3.21. The molecular weight excluding hydrogens is 202 g/mol. The van der Waals surface area contributed by atoms with Crippen LogP contribution in [-0.2, 0) is 10.2 Å². The molecule has 3 rings (SSSR count). The highest BCUT2D eigenvalue weighted by molar-refractivity contribution is 5.75. The molecule has 1 aromatic heterocycles. The monoisotopic (exact) mass is 213 g/mol. The van der Waals surface area contributed by atoms with Crippen molar-refractivity contribution in [2.45, 2.75) is 11.8 Å². The van der Waals surface area contributed by atoms with E-state index in [1.165, 1.54) is 0 Å². The Labute approximate surface area is 92.9 Å². The van der Waals surface area contributed by atoms with E-state index in [1.54, 1.807) is 6.33 Å². The molecule has 1 aromatic carbocycles. The van der Waals surface area contributed by atoms with Gasteiger partial charge >= 0.3 is 0 Å². The fraction of sp³-hybridized carbons (Fsp3) is 0.333. The number of H-pyrrole nitrogens is 1. The predicted octanol–water partition coefficient (Wildman–Crippen LogP) is 1.74. The van der Waals surface area contributed by atoms with Crippen molar-refractivity contribution in [1.82, 2.24) is 9.97 Å². The van der Waals surface area contributed by atoms with Crippen molar-refractivity contribution >= 4 is 11.0 Å². The molecule has 0 saturated carbocycles. The molecule has 0 atom stereocenters. The third-order valence-electron chi connectivity index (χ3n) is 3.21. The number of aromatic amines is 1. The van der Waals surface area contributed by atoms with E-state index in [-0.39, 0.29) is 5.41 Å². The molecule has 0 bridgehead atoms. The molecule has 80 valence electrons. The minimum absolute atomic E-state index is 0.103. The molecule has 0 radical (unpaired) electrons. The molecule has 0 spiro atoms. The van der Waals surface area contributed by atoms with Gasteiger partial charge in [0.1, 0.15) is 0 Å². The number of nitriles is 1. The van der Waals surface area contributed by atoms with Gasteiger partial charge in [-0.05, 0) is 17.7 Å². The summed E-state index contributed by atoms with van der Waals surface area (Å²) in [5, 5.41) is 8.88. The minimum atomic E-state index is -0.103. The van der Waals surface area contributed by atoms with Crippen molar-refractivity contribution in [3.8, 4) is 6.07 Å². The van der Waals surface area contributed by atoms with Crippen LogP contribution in [0.5, 0.6) is 0 Å². The van der Waals surface area contributed by atoms with Crippen molar-refractivity contribution in [3.05, 3.63) is 30.1 Å². The molecule has 1 aliphatic heterocycles. The number of hydrogen-bond donors (Lipinski definition) is 1. The van der Waals surface area contributed by atoms with Crippen LogP contribution in [0.2, 0.25) is 0 Å². The zero-order valence-electron chi connectivity index (χ0n) is 8.73. The molecule has 0 aliphatic carbocycles. The van der Waals surface area contributed by atoms with Gasteiger partial charge in [0, 0.05) is 6.42 Å². The van der Waals surface area contributed by atoms with Gasteiger partial charge in [-0.15, -0.1) is 0 Å². The summed E-state index contributed by atoms with van der Waals surface area (Å²) in [5.41, 5.74) is 3.03. The molecule has 2 aromatic rings. The summed E-state index contributed by atoms with van der Waals surface area (Å²) in [6.07, 6.45) is 2.19. The van der Waals surface area contributed by atoms with Gasteiger partial charge in [-0.25, -0.2) is 4.98 Å². The number of ether oxygens (including phenoxy) is 1. The third kappa shape index (κ3) is 1.22. The summed E-state index contributed by atoms with van der Waals surface area (Å²) in [4.78, 5) is 7.27. The fourth-order valence-corrected chi connectivity index (χ4v) is 2.14. The molecule has 0 unspecified atom stereocenters. The molecule has 16 heavy (non-hydrogen) atoms. The second-order valence-corrected chi connectivity index (χ2v) is 4.24. The second kappa shape index (κ2) is 3.32. The summed E-state index contributed by atoms with van der Waals surface area (Å²) in [7, 11) is 0. The van der Waals surface area contributed by atoms with Crippen molar-refractivity contribution in [2.24, 2.45) is 0 Å². The summed E-state index contributed by atoms with van der Waals surface area (Å²) >= 11 is 0. The van der Waals surface area contributed by atoms with E-state index in [0.29, 0.717) is 19.6 Å². The van der Waals surface area contributed by atoms with Crippen molar-refractivity contribution < 1.29 is 4.74 Å². The number of imidazole rings is 1. The average Bonchev–Trinajstić information content (AvgIpc) is 2.70. The Balaban J connectivity index is 2.07. The maximum Gasteiger partial charge on any atom is 0.0931 e. The quantitative estimate of drug-likeness (QED) is 0.826. The Bertz CT molecular complexity index is 563. The van der Waals surface area contributed by atoms with E-state index >= 15 is 0 Å². The SMILES string of the molecule is N#CCC1(c2ccc3nc[nH]c3c2)COC1. The largest absolute Gasteiger partial charge is 0.379 e. The molecule has 1 saturated heterocycles. The van der Waals surface area contributed by atoms with Gasteiger partial charge in [0.25, 0.3) is 0 Å². The minimum Gasteiger partial charge on any atom is -0.379 e. The number of rotatable bonds is 2. The van der Waals surface area contributed by atoms with E-state index in [2.05, 4.69) is 22.1 Å². The first kappa shape index (κ1) is 9.37. The van der Waals surface area contributed by atoms with Crippen LogP contribution in [0, 0.1) is 11.3 Å². The van der Waals surface area contributed by atoms with Gasteiger partial charge in [0.2, 0.25) is 0 Å². The van der Waals surface area contributed by atoms with Crippen LogP contribution < -0.4 is 0 Å². The number of fused-ring (bicyclic) bond motifs is 1. The normalized spacial score (nSPS) is 17.9. The molecule has 0 amide bonds. The Hall–Kier alpha value is -1.86. The van der Waals surface area contributed by atoms with Gasteiger partial charge in [0.15, 0.2) is 0 Å². The lowest BCUT2D eigenvalue weighted by Crippen LogP contribution is -2.46. The van der Waals surface area contributed by atoms with Crippen LogP contribution in [0.4, 0.5) is 0 Å². The Morgan fingerprint density at radius 1 is 1.50 bits per heavy atom. The number of aromatic nitrogens is 2. The fourth-order valence-electron chi connectivity index (χ4n) is 2.14. The molecule has 1 N–H and O–H groups in total. The summed E-state index contributed by atoms with van der Waals surface area (Å²) in [6.45, 7) is 1.28.